The van der Waals surface area contributed by atoms with E-state index < -0.39 is 29.4 Å². The average molecular weight is 480 g/mol. The smallest absolute Gasteiger partial charge is 0.407 e. The Morgan fingerprint density at radius 2 is 1.77 bits per heavy atom. The van der Waals surface area contributed by atoms with Crippen LogP contribution in [0.3, 0.4) is 0 Å². The predicted octanol–water partition coefficient (Wildman–Crippen LogP) is 4.79. The molecule has 0 aliphatic carbocycles. The maximum absolute atomic E-state index is 14.3. The van der Waals surface area contributed by atoms with Crippen LogP contribution in [0.1, 0.15) is 42.4 Å². The average Bonchev–Trinajstić information content (AvgIpc) is 2.77. The molecule has 3 N–H and O–H groups in total. The van der Waals surface area contributed by atoms with Crippen molar-refractivity contribution in [2.24, 2.45) is 0 Å². The van der Waals surface area contributed by atoms with E-state index in [-0.39, 0.29) is 18.7 Å². The molecule has 0 aliphatic heterocycles. The summed E-state index contributed by atoms with van der Waals surface area (Å²) in [6.07, 6.45) is -0.865. The van der Waals surface area contributed by atoms with Gasteiger partial charge in [-0.2, -0.15) is 0 Å². The van der Waals surface area contributed by atoms with E-state index in [9.17, 15) is 18.8 Å². The number of nitrogens with zero attached hydrogens (tertiary/aromatic N) is 1. The van der Waals surface area contributed by atoms with Gasteiger partial charge in [-0.25, -0.2) is 14.2 Å². The summed E-state index contributed by atoms with van der Waals surface area (Å²) in [6.45, 7) is 5.27. The number of carbonyl (C=O) groups excluding carboxylic acids is 2. The van der Waals surface area contributed by atoms with Crippen LogP contribution in [0.15, 0.2) is 60.7 Å². The number of benzene rings is 2. The molecule has 2 aromatic carbocycles. The highest BCUT2D eigenvalue weighted by Crippen LogP contribution is 2.22. The molecule has 3 aromatic rings. The summed E-state index contributed by atoms with van der Waals surface area (Å²) in [7, 11) is 0. The molecule has 2 amide bonds. The van der Waals surface area contributed by atoms with Gasteiger partial charge in [-0.15, -0.1) is 0 Å². The summed E-state index contributed by atoms with van der Waals surface area (Å²) in [6, 6.07) is 15.6. The number of nitrogens with one attached hydrogen (secondary N) is 2. The minimum atomic E-state index is -1.02. The Morgan fingerprint density at radius 1 is 1.03 bits per heavy atom. The first-order chi connectivity index (χ1) is 16.5. The van der Waals surface area contributed by atoms with Crippen LogP contribution in [0.2, 0.25) is 0 Å². The molecule has 9 heteroatoms. The number of aliphatic carboxylic acids is 1. The largest absolute Gasteiger partial charge is 0.481 e. The number of amides is 2. The fourth-order valence-electron chi connectivity index (χ4n) is 3.26. The number of anilines is 1. The zero-order chi connectivity index (χ0) is 25.6. The number of pyridine rings is 1. The fraction of sp³-hybridized carbons (Fsp3) is 0.231. The van der Waals surface area contributed by atoms with Crippen molar-refractivity contribution in [3.8, 4) is 11.3 Å². The van der Waals surface area contributed by atoms with Gasteiger partial charge in [0.1, 0.15) is 17.1 Å². The molecule has 0 spiro atoms. The molecule has 0 fully saturated rings. The fourth-order valence-corrected chi connectivity index (χ4v) is 3.26. The zero-order valence-corrected chi connectivity index (χ0v) is 19.6. The Morgan fingerprint density at radius 3 is 2.49 bits per heavy atom. The lowest BCUT2D eigenvalue weighted by molar-refractivity contribution is -0.136. The molecule has 182 valence electrons. The molecule has 0 aliphatic rings. The van der Waals surface area contributed by atoms with Crippen LogP contribution < -0.4 is 10.6 Å². The molecule has 0 saturated heterocycles. The number of ether oxygens (including phenoxy) is 1. The number of rotatable bonds is 7. The molecule has 0 bridgehead atoms. The van der Waals surface area contributed by atoms with Crippen LogP contribution in [0.5, 0.6) is 0 Å². The second-order valence-corrected chi connectivity index (χ2v) is 8.79. The van der Waals surface area contributed by atoms with Crippen LogP contribution in [0.25, 0.3) is 11.3 Å². The summed E-state index contributed by atoms with van der Waals surface area (Å²) in [5.74, 6) is -2.08. The SMILES string of the molecule is CC(C)(C)OC(=O)NCc1cc(F)cc(-c2cccc(C(=O)Nc3ccccc3CC(=O)O)n2)c1. The molecular weight excluding hydrogens is 453 g/mol. The van der Waals surface area contributed by atoms with Gasteiger partial charge in [-0.3, -0.25) is 9.59 Å². The van der Waals surface area contributed by atoms with Gasteiger partial charge >= 0.3 is 12.1 Å². The second kappa shape index (κ2) is 10.8. The third-order valence-corrected chi connectivity index (χ3v) is 4.68. The van der Waals surface area contributed by atoms with Crippen molar-refractivity contribution in [1.82, 2.24) is 10.3 Å². The highest BCUT2D eigenvalue weighted by molar-refractivity contribution is 6.03. The second-order valence-electron chi connectivity index (χ2n) is 8.79. The summed E-state index contributed by atoms with van der Waals surface area (Å²) >= 11 is 0. The van der Waals surface area contributed by atoms with Crippen LogP contribution in [-0.4, -0.2) is 33.7 Å². The normalized spacial score (nSPS) is 11.0. The molecule has 35 heavy (non-hydrogen) atoms. The van der Waals surface area contributed by atoms with E-state index in [1.807, 2.05) is 0 Å². The van der Waals surface area contributed by atoms with Crippen molar-refractivity contribution in [1.29, 1.82) is 0 Å². The van der Waals surface area contributed by atoms with E-state index in [0.717, 1.165) is 0 Å². The van der Waals surface area contributed by atoms with Crippen molar-refractivity contribution in [2.75, 3.05) is 5.32 Å². The molecule has 1 heterocycles. The summed E-state index contributed by atoms with van der Waals surface area (Å²) in [5.41, 5.74) is 1.51. The Hall–Kier alpha value is -4.27. The maximum atomic E-state index is 14.3. The summed E-state index contributed by atoms with van der Waals surface area (Å²) in [5, 5.41) is 14.3. The maximum Gasteiger partial charge on any atom is 0.407 e. The molecule has 8 nitrogen and oxygen atoms in total. The quantitative estimate of drug-likeness (QED) is 0.448. The minimum absolute atomic E-state index is 0.0419. The number of halogens is 1. The van der Waals surface area contributed by atoms with Gasteiger partial charge in [0.15, 0.2) is 0 Å². The van der Waals surface area contributed by atoms with Crippen LogP contribution >= 0.6 is 0 Å². The van der Waals surface area contributed by atoms with Crippen LogP contribution in [0, 0.1) is 5.82 Å². The van der Waals surface area contributed by atoms with E-state index in [1.54, 1.807) is 63.2 Å². The lowest BCUT2D eigenvalue weighted by atomic mass is 10.1. The van der Waals surface area contributed by atoms with E-state index in [2.05, 4.69) is 15.6 Å². The number of hydrogen-bond acceptors (Lipinski definition) is 5. The minimum Gasteiger partial charge on any atom is -0.481 e. The zero-order valence-electron chi connectivity index (χ0n) is 19.6. The van der Waals surface area contributed by atoms with Crippen LogP contribution in [0.4, 0.5) is 14.9 Å². The standard InChI is InChI=1S/C26H26FN3O5/c1-26(2,3)35-25(34)28-15-16-11-18(13-19(27)12-16)21-9-6-10-22(29-21)24(33)30-20-8-5-4-7-17(20)14-23(31)32/h4-13H,14-15H2,1-3H3,(H,28,34)(H,30,33)(H,31,32). The Bertz CT molecular complexity index is 1250. The van der Waals surface area contributed by atoms with E-state index in [4.69, 9.17) is 9.84 Å². The molecule has 0 radical (unpaired) electrons. The Labute approximate surface area is 202 Å². The van der Waals surface area contributed by atoms with Crippen molar-refractivity contribution in [3.05, 3.63) is 83.3 Å². The number of aromatic nitrogens is 1. The third-order valence-electron chi connectivity index (χ3n) is 4.68. The van der Waals surface area contributed by atoms with Crippen LogP contribution in [-0.2, 0) is 22.5 Å². The molecular formula is C26H26FN3O5. The number of hydrogen-bond donors (Lipinski definition) is 3. The highest BCUT2D eigenvalue weighted by atomic mass is 19.1. The summed E-state index contributed by atoms with van der Waals surface area (Å²) < 4.78 is 19.5. The first-order valence-electron chi connectivity index (χ1n) is 10.8. The first-order valence-corrected chi connectivity index (χ1v) is 10.8. The monoisotopic (exact) mass is 479 g/mol. The van der Waals surface area contributed by atoms with Crippen molar-refractivity contribution < 1.29 is 28.6 Å². The highest BCUT2D eigenvalue weighted by Gasteiger charge is 2.17. The Balaban J connectivity index is 1.78. The van der Waals surface area contributed by atoms with E-state index in [0.29, 0.717) is 28.1 Å². The van der Waals surface area contributed by atoms with Crippen molar-refractivity contribution in [2.45, 2.75) is 39.3 Å². The lowest BCUT2D eigenvalue weighted by Gasteiger charge is -2.19. The van der Waals surface area contributed by atoms with Gasteiger partial charge in [0.25, 0.3) is 5.91 Å². The molecule has 0 atom stereocenters. The van der Waals surface area contributed by atoms with E-state index >= 15 is 0 Å². The van der Waals surface area contributed by atoms with Crippen molar-refractivity contribution in [3.63, 3.8) is 0 Å². The van der Waals surface area contributed by atoms with E-state index in [1.165, 1.54) is 18.2 Å². The lowest BCUT2D eigenvalue weighted by Crippen LogP contribution is -2.32. The Kier molecular flexibility index (Phi) is 7.80. The molecule has 0 saturated carbocycles. The van der Waals surface area contributed by atoms with Gasteiger partial charge in [0.05, 0.1) is 12.1 Å². The van der Waals surface area contributed by atoms with Gasteiger partial charge < -0.3 is 20.5 Å². The van der Waals surface area contributed by atoms with Gasteiger partial charge in [0.2, 0.25) is 0 Å². The predicted molar refractivity (Wildman–Crippen MR) is 128 cm³/mol. The van der Waals surface area contributed by atoms with Crippen molar-refractivity contribution >= 4 is 23.7 Å². The number of carboxylic acid groups (broad SMARTS) is 1. The molecule has 1 aromatic heterocycles. The number of para-hydroxylation sites is 1. The third kappa shape index (κ3) is 7.63. The van der Waals surface area contributed by atoms with Gasteiger partial charge in [0, 0.05) is 17.8 Å². The number of alkyl carbamates (subject to hydrolysis) is 1. The number of carbonyl (C=O) groups is 3. The number of carboxylic acids is 1. The first kappa shape index (κ1) is 25.4. The topological polar surface area (TPSA) is 118 Å². The van der Waals surface area contributed by atoms with Gasteiger partial charge in [-0.05, 0) is 68.3 Å². The summed E-state index contributed by atoms with van der Waals surface area (Å²) in [4.78, 5) is 40.2. The van der Waals surface area contributed by atoms with Gasteiger partial charge in [-0.1, -0.05) is 24.3 Å². The molecule has 3 rings (SSSR count). The molecule has 0 unspecified atom stereocenters.